The summed E-state index contributed by atoms with van der Waals surface area (Å²) in [5.74, 6) is 1.17. The van der Waals surface area contributed by atoms with Crippen LogP contribution in [0.5, 0.6) is 0 Å². The largest absolute Gasteiger partial charge is 0.454 e. The van der Waals surface area contributed by atoms with Gasteiger partial charge in [-0.2, -0.15) is 0 Å². The summed E-state index contributed by atoms with van der Waals surface area (Å²) in [4.78, 5) is 5.08. The van der Waals surface area contributed by atoms with Crippen LogP contribution in [-0.4, -0.2) is 36.1 Å². The molecule has 0 amide bonds. The molecular formula is C21H18ClFN2OS. The van der Waals surface area contributed by atoms with Gasteiger partial charge in [0, 0.05) is 37.4 Å². The number of thiocarbonyl (C=S) groups is 1. The first-order chi connectivity index (χ1) is 13.1. The average molecular weight is 401 g/mol. The molecule has 3 nitrogen and oxygen atoms in total. The number of piperazine rings is 1. The second-order valence-electron chi connectivity index (χ2n) is 6.40. The van der Waals surface area contributed by atoms with Crippen LogP contribution < -0.4 is 4.90 Å². The molecule has 1 aliphatic rings. The molecule has 2 heterocycles. The van der Waals surface area contributed by atoms with Crippen molar-refractivity contribution in [2.24, 2.45) is 0 Å². The van der Waals surface area contributed by atoms with Gasteiger partial charge in [0.25, 0.3) is 0 Å². The Bertz CT molecular complexity index is 949. The highest BCUT2D eigenvalue weighted by molar-refractivity contribution is 7.80. The Morgan fingerprint density at radius 2 is 1.63 bits per heavy atom. The van der Waals surface area contributed by atoms with Crippen molar-refractivity contribution in [1.82, 2.24) is 4.90 Å². The van der Waals surface area contributed by atoms with Crippen molar-refractivity contribution in [1.29, 1.82) is 0 Å². The van der Waals surface area contributed by atoms with E-state index in [0.29, 0.717) is 21.5 Å². The first-order valence-corrected chi connectivity index (χ1v) is 9.55. The number of rotatable bonds is 3. The van der Waals surface area contributed by atoms with Gasteiger partial charge in [-0.25, -0.2) is 4.39 Å². The summed E-state index contributed by atoms with van der Waals surface area (Å²) >= 11 is 11.9. The summed E-state index contributed by atoms with van der Waals surface area (Å²) in [6.45, 7) is 3.23. The van der Waals surface area contributed by atoms with Gasteiger partial charge in [0.15, 0.2) is 5.76 Å². The minimum Gasteiger partial charge on any atom is -0.454 e. The maximum Gasteiger partial charge on any atom is 0.162 e. The van der Waals surface area contributed by atoms with Gasteiger partial charge in [0.1, 0.15) is 16.6 Å². The van der Waals surface area contributed by atoms with Gasteiger partial charge >= 0.3 is 0 Å². The van der Waals surface area contributed by atoms with E-state index in [1.165, 1.54) is 12.1 Å². The number of halogens is 2. The molecule has 3 aromatic rings. The van der Waals surface area contributed by atoms with Crippen molar-refractivity contribution < 1.29 is 8.81 Å². The highest BCUT2D eigenvalue weighted by Gasteiger charge is 2.22. The van der Waals surface area contributed by atoms with Crippen LogP contribution in [0.4, 0.5) is 10.1 Å². The van der Waals surface area contributed by atoms with Gasteiger partial charge in [-0.05, 0) is 48.5 Å². The summed E-state index contributed by atoms with van der Waals surface area (Å²) in [6, 6.07) is 18.0. The molecule has 2 aromatic carbocycles. The minimum absolute atomic E-state index is 0.217. The Morgan fingerprint density at radius 1 is 0.926 bits per heavy atom. The van der Waals surface area contributed by atoms with E-state index in [0.717, 1.165) is 37.4 Å². The zero-order chi connectivity index (χ0) is 18.8. The fraction of sp³-hybridized carbons (Fsp3) is 0.190. The lowest BCUT2D eigenvalue weighted by molar-refractivity contribution is 0.385. The third kappa shape index (κ3) is 3.84. The van der Waals surface area contributed by atoms with Crippen molar-refractivity contribution in [3.8, 4) is 11.3 Å². The van der Waals surface area contributed by atoms with E-state index in [9.17, 15) is 4.39 Å². The van der Waals surface area contributed by atoms with Crippen LogP contribution in [0.1, 0.15) is 5.76 Å². The zero-order valence-electron chi connectivity index (χ0n) is 14.6. The summed E-state index contributed by atoms with van der Waals surface area (Å²) < 4.78 is 19.1. The number of nitrogens with zero attached hydrogens (tertiary/aromatic N) is 2. The van der Waals surface area contributed by atoms with Crippen molar-refractivity contribution in [3.05, 3.63) is 77.3 Å². The quantitative estimate of drug-likeness (QED) is 0.560. The summed E-state index contributed by atoms with van der Waals surface area (Å²) in [5.41, 5.74) is 1.88. The van der Waals surface area contributed by atoms with Gasteiger partial charge in [-0.3, -0.25) is 0 Å². The molecule has 138 valence electrons. The number of hydrogen-bond donors (Lipinski definition) is 0. The van der Waals surface area contributed by atoms with Crippen LogP contribution >= 0.6 is 23.8 Å². The molecule has 1 saturated heterocycles. The third-order valence-electron chi connectivity index (χ3n) is 4.71. The van der Waals surface area contributed by atoms with Crippen LogP contribution in [0, 0.1) is 5.82 Å². The Morgan fingerprint density at radius 3 is 2.33 bits per heavy atom. The highest BCUT2D eigenvalue weighted by Crippen LogP contribution is 2.29. The highest BCUT2D eigenvalue weighted by atomic mass is 35.5. The van der Waals surface area contributed by atoms with Gasteiger partial charge < -0.3 is 14.2 Å². The summed E-state index contributed by atoms with van der Waals surface area (Å²) in [6.07, 6.45) is 0. The maximum absolute atomic E-state index is 13.1. The lowest BCUT2D eigenvalue weighted by atomic mass is 10.2. The molecule has 1 fully saturated rings. The number of benzene rings is 2. The van der Waals surface area contributed by atoms with Gasteiger partial charge in [0.2, 0.25) is 0 Å². The topological polar surface area (TPSA) is 19.6 Å². The first-order valence-electron chi connectivity index (χ1n) is 8.76. The van der Waals surface area contributed by atoms with E-state index >= 15 is 0 Å². The predicted octanol–water partition coefficient (Wildman–Crippen LogP) is 5.24. The fourth-order valence-electron chi connectivity index (χ4n) is 3.23. The molecule has 0 atom stereocenters. The summed E-state index contributed by atoms with van der Waals surface area (Å²) in [7, 11) is 0. The van der Waals surface area contributed by atoms with Gasteiger partial charge in [-0.15, -0.1) is 0 Å². The zero-order valence-corrected chi connectivity index (χ0v) is 16.1. The van der Waals surface area contributed by atoms with Crippen molar-refractivity contribution in [2.75, 3.05) is 31.1 Å². The summed E-state index contributed by atoms with van der Waals surface area (Å²) in [5, 5.41) is 0.650. The lowest BCUT2D eigenvalue weighted by Gasteiger charge is -2.37. The molecule has 4 rings (SSSR count). The van der Waals surface area contributed by atoms with E-state index < -0.39 is 0 Å². The van der Waals surface area contributed by atoms with Crippen LogP contribution in [-0.2, 0) is 0 Å². The van der Waals surface area contributed by atoms with Gasteiger partial charge in [0.05, 0.1) is 5.02 Å². The van der Waals surface area contributed by atoms with Crippen molar-refractivity contribution in [3.63, 3.8) is 0 Å². The Kier molecular flexibility index (Phi) is 5.14. The number of furan rings is 1. The molecule has 0 radical (unpaired) electrons. The number of hydrogen-bond acceptors (Lipinski definition) is 3. The van der Waals surface area contributed by atoms with E-state index in [2.05, 4.69) is 9.80 Å². The molecule has 0 aliphatic carbocycles. The lowest BCUT2D eigenvalue weighted by Crippen LogP contribution is -2.48. The first kappa shape index (κ1) is 18.0. The molecule has 1 aliphatic heterocycles. The van der Waals surface area contributed by atoms with Crippen LogP contribution in [0.15, 0.2) is 65.1 Å². The van der Waals surface area contributed by atoms with Crippen molar-refractivity contribution in [2.45, 2.75) is 0 Å². The Labute approximate surface area is 168 Å². The fourth-order valence-corrected chi connectivity index (χ4v) is 3.76. The molecule has 6 heteroatoms. The van der Waals surface area contributed by atoms with Crippen LogP contribution in [0.25, 0.3) is 11.3 Å². The van der Waals surface area contributed by atoms with Crippen LogP contribution in [0.2, 0.25) is 5.02 Å². The standard InChI is InChI=1S/C21H18ClFN2OS/c22-18-4-2-1-3-17(18)19-9-10-20(26-19)21(27)25-13-11-24(12-14-25)16-7-5-15(23)6-8-16/h1-10H,11-14H2. The SMILES string of the molecule is Fc1ccc(N2CCN(C(=S)c3ccc(-c4ccccc4Cl)o3)CC2)cc1. The molecule has 0 saturated carbocycles. The smallest absolute Gasteiger partial charge is 0.162 e. The average Bonchev–Trinajstić information content (AvgIpc) is 3.18. The molecule has 0 unspecified atom stereocenters. The van der Waals surface area contributed by atoms with E-state index in [1.54, 1.807) is 0 Å². The predicted molar refractivity (Wildman–Crippen MR) is 111 cm³/mol. The molecule has 0 spiro atoms. The number of anilines is 1. The Hall–Kier alpha value is -2.37. The molecule has 27 heavy (non-hydrogen) atoms. The maximum atomic E-state index is 13.1. The van der Waals surface area contributed by atoms with Crippen LogP contribution in [0.3, 0.4) is 0 Å². The van der Waals surface area contributed by atoms with E-state index in [4.69, 9.17) is 28.2 Å². The second kappa shape index (κ2) is 7.71. The third-order valence-corrected chi connectivity index (χ3v) is 5.50. The van der Waals surface area contributed by atoms with Gasteiger partial charge in [-0.1, -0.05) is 36.0 Å². The molecule has 0 N–H and O–H groups in total. The van der Waals surface area contributed by atoms with E-state index in [-0.39, 0.29) is 5.82 Å². The second-order valence-corrected chi connectivity index (χ2v) is 7.19. The Balaban J connectivity index is 1.43. The normalized spacial score (nSPS) is 14.4. The minimum atomic E-state index is -0.217. The molecule has 0 bridgehead atoms. The van der Waals surface area contributed by atoms with Crippen molar-refractivity contribution >= 4 is 34.5 Å². The monoisotopic (exact) mass is 400 g/mol. The molecule has 1 aromatic heterocycles. The molecular weight excluding hydrogens is 383 g/mol. The van der Waals surface area contributed by atoms with E-state index in [1.807, 2.05) is 48.5 Å².